The fourth-order valence-corrected chi connectivity index (χ4v) is 2.70. The molecule has 0 aliphatic heterocycles. The second-order valence-corrected chi connectivity index (χ2v) is 6.71. The summed E-state index contributed by atoms with van der Waals surface area (Å²) in [6.45, 7) is 0. The molecule has 0 fully saturated rings. The van der Waals surface area contributed by atoms with Gasteiger partial charge in [0.25, 0.3) is 15.7 Å². The molecular weight excluding hydrogens is 376 g/mol. The first kappa shape index (κ1) is 18.2. The van der Waals surface area contributed by atoms with Crippen LogP contribution in [0.5, 0.6) is 0 Å². The molecule has 0 spiro atoms. The first-order valence-corrected chi connectivity index (χ1v) is 8.84. The fourth-order valence-electron chi connectivity index (χ4n) is 2.22. The Hall–Kier alpha value is -3.57. The van der Waals surface area contributed by atoms with E-state index in [0.29, 0.717) is 5.69 Å². The van der Waals surface area contributed by atoms with E-state index >= 15 is 0 Å². The Labute approximate surface area is 152 Å². The molecule has 0 bridgehead atoms. The summed E-state index contributed by atoms with van der Waals surface area (Å²) in [4.78, 5) is 23.6. The van der Waals surface area contributed by atoms with E-state index in [1.54, 1.807) is 30.3 Å². The summed E-state index contributed by atoms with van der Waals surface area (Å²) in [6.07, 6.45) is 0. The number of carboxylic acids is 1. The summed E-state index contributed by atoms with van der Waals surface area (Å²) >= 11 is 0. The third kappa shape index (κ3) is 3.83. The number of nitrogens with one attached hydrogen (secondary N) is 1. The average molecular weight is 388 g/mol. The van der Waals surface area contributed by atoms with Gasteiger partial charge in [-0.3, -0.25) is 14.4 Å². The minimum Gasteiger partial charge on any atom is -0.476 e. The quantitative estimate of drug-likeness (QED) is 0.451. The van der Waals surface area contributed by atoms with E-state index in [0.717, 1.165) is 16.8 Å². The van der Waals surface area contributed by atoms with Gasteiger partial charge in [-0.2, -0.15) is 13.5 Å². The van der Waals surface area contributed by atoms with Crippen molar-refractivity contribution in [3.63, 3.8) is 0 Å². The van der Waals surface area contributed by atoms with Crippen molar-refractivity contribution in [1.82, 2.24) is 9.78 Å². The summed E-state index contributed by atoms with van der Waals surface area (Å²) in [5.74, 6) is -1.41. The van der Waals surface area contributed by atoms with E-state index in [2.05, 4.69) is 15.3 Å². The molecule has 27 heavy (non-hydrogen) atoms. The minimum absolute atomic E-state index is 0.149. The number of rotatable bonds is 5. The SMILES string of the molecule is O=C(O)c1[nH]n(-c2ccc(S(=O)(=O)O)cc2)c(=O)c1N=Nc1ccccc1. The van der Waals surface area contributed by atoms with Crippen LogP contribution in [0.1, 0.15) is 10.5 Å². The molecule has 11 heteroatoms. The molecule has 0 radical (unpaired) electrons. The Morgan fingerprint density at radius 1 is 1.00 bits per heavy atom. The molecular formula is C16H12N4O6S. The zero-order valence-electron chi connectivity index (χ0n) is 13.5. The van der Waals surface area contributed by atoms with Crippen molar-refractivity contribution >= 4 is 27.5 Å². The lowest BCUT2D eigenvalue weighted by Gasteiger charge is -2.02. The predicted molar refractivity (Wildman–Crippen MR) is 93.8 cm³/mol. The molecule has 0 atom stereocenters. The van der Waals surface area contributed by atoms with Crippen LogP contribution >= 0.6 is 0 Å². The molecule has 3 N–H and O–H groups in total. The second kappa shape index (κ2) is 6.97. The second-order valence-electron chi connectivity index (χ2n) is 5.29. The van der Waals surface area contributed by atoms with Crippen LogP contribution in [0, 0.1) is 0 Å². The number of aromatic carboxylic acids is 1. The fraction of sp³-hybridized carbons (Fsp3) is 0. The smallest absolute Gasteiger partial charge is 0.356 e. The maximum absolute atomic E-state index is 12.5. The normalized spacial score (nSPS) is 11.7. The van der Waals surface area contributed by atoms with Crippen LogP contribution in [-0.2, 0) is 10.1 Å². The first-order chi connectivity index (χ1) is 12.8. The summed E-state index contributed by atoms with van der Waals surface area (Å²) in [6, 6.07) is 13.0. The van der Waals surface area contributed by atoms with Gasteiger partial charge in [0.05, 0.1) is 16.3 Å². The average Bonchev–Trinajstić information content (AvgIpc) is 2.97. The Morgan fingerprint density at radius 2 is 1.63 bits per heavy atom. The minimum atomic E-state index is -4.39. The maximum atomic E-state index is 12.5. The zero-order chi connectivity index (χ0) is 19.6. The molecule has 10 nitrogen and oxygen atoms in total. The van der Waals surface area contributed by atoms with Gasteiger partial charge in [-0.05, 0) is 36.4 Å². The summed E-state index contributed by atoms with van der Waals surface area (Å²) in [5, 5.41) is 19.3. The monoisotopic (exact) mass is 388 g/mol. The van der Waals surface area contributed by atoms with Crippen LogP contribution in [-0.4, -0.2) is 33.8 Å². The molecule has 138 valence electrons. The molecule has 0 aliphatic rings. The van der Waals surface area contributed by atoms with Crippen molar-refractivity contribution in [3.05, 3.63) is 70.6 Å². The van der Waals surface area contributed by atoms with Crippen molar-refractivity contribution < 1.29 is 22.9 Å². The van der Waals surface area contributed by atoms with Crippen LogP contribution in [0.3, 0.4) is 0 Å². The Balaban J connectivity index is 2.07. The van der Waals surface area contributed by atoms with E-state index in [1.807, 2.05) is 0 Å². The van der Waals surface area contributed by atoms with Gasteiger partial charge in [-0.25, -0.2) is 9.48 Å². The van der Waals surface area contributed by atoms with E-state index < -0.39 is 33.0 Å². The Morgan fingerprint density at radius 3 is 2.19 bits per heavy atom. The topological polar surface area (TPSA) is 154 Å². The largest absolute Gasteiger partial charge is 0.476 e. The van der Waals surface area contributed by atoms with Crippen molar-refractivity contribution in [1.29, 1.82) is 0 Å². The molecule has 2 aromatic carbocycles. The van der Waals surface area contributed by atoms with E-state index in [4.69, 9.17) is 4.55 Å². The highest BCUT2D eigenvalue weighted by Gasteiger charge is 2.21. The number of carbonyl (C=O) groups is 1. The van der Waals surface area contributed by atoms with Crippen molar-refractivity contribution in [2.45, 2.75) is 4.90 Å². The molecule has 0 amide bonds. The highest BCUT2D eigenvalue weighted by atomic mass is 32.2. The number of H-pyrrole nitrogens is 1. The zero-order valence-corrected chi connectivity index (χ0v) is 14.3. The highest BCUT2D eigenvalue weighted by molar-refractivity contribution is 7.85. The van der Waals surface area contributed by atoms with Crippen LogP contribution in [0.15, 0.2) is 74.5 Å². The van der Waals surface area contributed by atoms with Gasteiger partial charge in [-0.15, -0.1) is 5.11 Å². The maximum Gasteiger partial charge on any atom is 0.356 e. The number of hydrogen-bond donors (Lipinski definition) is 3. The first-order valence-electron chi connectivity index (χ1n) is 7.40. The van der Waals surface area contributed by atoms with Gasteiger partial charge >= 0.3 is 5.97 Å². The molecule has 3 aromatic rings. The van der Waals surface area contributed by atoms with Crippen molar-refractivity contribution in [2.24, 2.45) is 10.2 Å². The van der Waals surface area contributed by atoms with Gasteiger partial charge < -0.3 is 5.11 Å². The summed E-state index contributed by atoms with van der Waals surface area (Å²) in [7, 11) is -4.39. The third-order valence-corrected chi connectivity index (χ3v) is 4.36. The van der Waals surface area contributed by atoms with Crippen LogP contribution in [0.2, 0.25) is 0 Å². The van der Waals surface area contributed by atoms with Gasteiger partial charge in [0, 0.05) is 0 Å². The molecule has 0 unspecified atom stereocenters. The number of benzene rings is 2. The number of azo groups is 1. The van der Waals surface area contributed by atoms with Crippen molar-refractivity contribution in [3.8, 4) is 5.69 Å². The number of carboxylic acid groups (broad SMARTS) is 1. The van der Waals surface area contributed by atoms with Crippen LogP contribution in [0.4, 0.5) is 11.4 Å². The Kier molecular flexibility index (Phi) is 4.71. The highest BCUT2D eigenvalue weighted by Crippen LogP contribution is 2.20. The molecule has 0 saturated heterocycles. The molecule has 0 aliphatic carbocycles. The van der Waals surface area contributed by atoms with Crippen LogP contribution in [0.25, 0.3) is 5.69 Å². The third-order valence-electron chi connectivity index (χ3n) is 3.49. The standard InChI is InChI=1S/C16H12N4O6S/c21-15-13(18-17-10-4-2-1-3-5-10)14(16(22)23)19-20(15)11-6-8-12(9-7-11)27(24,25)26/h1-9,19H,(H,22,23)(H,24,25,26). The molecule has 1 aromatic heterocycles. The van der Waals surface area contributed by atoms with E-state index in [-0.39, 0.29) is 10.6 Å². The number of aromatic nitrogens is 2. The molecule has 3 rings (SSSR count). The van der Waals surface area contributed by atoms with Gasteiger partial charge in [0.2, 0.25) is 0 Å². The summed E-state index contributed by atoms with van der Waals surface area (Å²) < 4.78 is 32.1. The number of hydrogen-bond acceptors (Lipinski definition) is 6. The van der Waals surface area contributed by atoms with Gasteiger partial charge in [0.1, 0.15) is 0 Å². The molecule has 0 saturated carbocycles. The van der Waals surface area contributed by atoms with E-state index in [1.165, 1.54) is 12.1 Å². The lowest BCUT2D eigenvalue weighted by molar-refractivity contribution is 0.0691. The summed E-state index contributed by atoms with van der Waals surface area (Å²) in [5.41, 5.74) is -1.09. The van der Waals surface area contributed by atoms with Crippen LogP contribution < -0.4 is 5.56 Å². The van der Waals surface area contributed by atoms with Crippen molar-refractivity contribution in [2.75, 3.05) is 0 Å². The number of aromatic amines is 1. The van der Waals surface area contributed by atoms with Gasteiger partial charge in [-0.1, -0.05) is 18.2 Å². The lowest BCUT2D eigenvalue weighted by atomic mass is 10.3. The molecule has 1 heterocycles. The lowest BCUT2D eigenvalue weighted by Crippen LogP contribution is -2.14. The van der Waals surface area contributed by atoms with E-state index in [9.17, 15) is 23.1 Å². The Bertz CT molecular complexity index is 1180. The van der Waals surface area contributed by atoms with Gasteiger partial charge in [0.15, 0.2) is 11.4 Å². The predicted octanol–water partition coefficient (Wildman–Crippen LogP) is 2.53. The number of nitrogens with zero attached hydrogens (tertiary/aromatic N) is 3.